The lowest BCUT2D eigenvalue weighted by molar-refractivity contribution is 0.00850. The van der Waals surface area contributed by atoms with Gasteiger partial charge in [-0.25, -0.2) is 9.50 Å². The number of aromatic nitrogens is 5. The van der Waals surface area contributed by atoms with Gasteiger partial charge in [0, 0.05) is 48.4 Å². The zero-order valence-corrected chi connectivity index (χ0v) is 21.9. The van der Waals surface area contributed by atoms with Gasteiger partial charge in [0.15, 0.2) is 5.82 Å². The van der Waals surface area contributed by atoms with E-state index in [0.29, 0.717) is 5.82 Å². The first kappa shape index (κ1) is 24.5. The monoisotopic (exact) mass is 510 g/mol. The molecule has 0 aliphatic carbocycles. The van der Waals surface area contributed by atoms with E-state index in [-0.39, 0.29) is 5.92 Å². The number of nitrogens with two attached hydrogens (primary N) is 1. The lowest BCUT2D eigenvalue weighted by Crippen LogP contribution is -2.35. The summed E-state index contributed by atoms with van der Waals surface area (Å²) in [6, 6.07) is 18.9. The molecule has 2 unspecified atom stereocenters. The molecule has 3 aromatic heterocycles. The third kappa shape index (κ3) is 4.76. The fraction of sp³-hybridized carbons (Fsp3) is 0.345. The Morgan fingerprint density at radius 2 is 1.97 bits per heavy atom. The molecule has 9 heteroatoms. The van der Waals surface area contributed by atoms with Crippen molar-refractivity contribution in [1.82, 2.24) is 34.2 Å². The van der Waals surface area contributed by atoms with E-state index < -0.39 is 6.23 Å². The van der Waals surface area contributed by atoms with Crippen LogP contribution in [0.3, 0.4) is 0 Å². The van der Waals surface area contributed by atoms with E-state index in [1.165, 1.54) is 11.9 Å². The third-order valence-corrected chi connectivity index (χ3v) is 7.56. The Labute approximate surface area is 222 Å². The SMILES string of the molecule is CN(C)CCC(O)N1CCC(c2cc(-c3ccc4cn(Cc5ccccc5)nc4c3)c3c(N)ncnn23)C1. The first-order chi connectivity index (χ1) is 18.5. The van der Waals surface area contributed by atoms with Gasteiger partial charge in [0.1, 0.15) is 18.1 Å². The lowest BCUT2D eigenvalue weighted by Gasteiger charge is -2.24. The number of hydrogen-bond acceptors (Lipinski definition) is 7. The molecule has 0 saturated carbocycles. The molecule has 1 saturated heterocycles. The molecule has 1 aliphatic heterocycles. The van der Waals surface area contributed by atoms with Gasteiger partial charge in [0.2, 0.25) is 0 Å². The highest BCUT2D eigenvalue weighted by Gasteiger charge is 2.31. The van der Waals surface area contributed by atoms with Crippen molar-refractivity contribution in [3.63, 3.8) is 0 Å². The van der Waals surface area contributed by atoms with Crippen LogP contribution < -0.4 is 5.73 Å². The number of benzene rings is 2. The fourth-order valence-corrected chi connectivity index (χ4v) is 5.55. The van der Waals surface area contributed by atoms with Crippen molar-refractivity contribution in [2.45, 2.75) is 31.5 Å². The standard InChI is InChI=1S/C29H34N8O/c1-34(2)12-11-27(38)35-13-10-23(17-35)26-15-24(28-29(30)31-19-32-37(26)28)21-8-9-22-18-36(33-25(22)14-21)16-20-6-4-3-5-7-20/h3-9,14-15,18-19,23,27,38H,10-13,16-17H2,1-2H3,(H2,30,31,32). The number of hydrogen-bond donors (Lipinski definition) is 2. The van der Waals surface area contributed by atoms with Crippen LogP contribution in [0.2, 0.25) is 0 Å². The third-order valence-electron chi connectivity index (χ3n) is 7.56. The Balaban J connectivity index is 1.31. The van der Waals surface area contributed by atoms with Crippen LogP contribution in [0.4, 0.5) is 5.82 Å². The number of likely N-dealkylation sites (tertiary alicyclic amines) is 1. The summed E-state index contributed by atoms with van der Waals surface area (Å²) in [7, 11) is 4.06. The van der Waals surface area contributed by atoms with Crippen LogP contribution in [0.1, 0.15) is 30.0 Å². The van der Waals surface area contributed by atoms with E-state index in [2.05, 4.69) is 62.5 Å². The van der Waals surface area contributed by atoms with Crippen molar-refractivity contribution in [2.24, 2.45) is 0 Å². The molecule has 196 valence electrons. The molecule has 9 nitrogen and oxygen atoms in total. The van der Waals surface area contributed by atoms with Crippen LogP contribution in [0.15, 0.2) is 67.1 Å². The number of aliphatic hydroxyl groups excluding tert-OH is 1. The Bertz CT molecular complexity index is 1560. The molecule has 0 spiro atoms. The summed E-state index contributed by atoms with van der Waals surface area (Å²) in [6.07, 6.45) is 4.84. The van der Waals surface area contributed by atoms with Crippen LogP contribution >= 0.6 is 0 Å². The van der Waals surface area contributed by atoms with Gasteiger partial charge in [0.05, 0.1) is 12.1 Å². The van der Waals surface area contributed by atoms with Gasteiger partial charge < -0.3 is 15.7 Å². The molecule has 5 aromatic rings. The van der Waals surface area contributed by atoms with Crippen molar-refractivity contribution in [2.75, 3.05) is 39.5 Å². The molecular weight excluding hydrogens is 476 g/mol. The second-order valence-corrected chi connectivity index (χ2v) is 10.5. The van der Waals surface area contributed by atoms with Gasteiger partial charge >= 0.3 is 0 Å². The second kappa shape index (κ2) is 10.2. The van der Waals surface area contributed by atoms with Crippen LogP contribution in [0.5, 0.6) is 0 Å². The average molecular weight is 511 g/mol. The van der Waals surface area contributed by atoms with E-state index in [1.807, 2.05) is 41.5 Å². The summed E-state index contributed by atoms with van der Waals surface area (Å²) < 4.78 is 3.93. The predicted octanol–water partition coefficient (Wildman–Crippen LogP) is 3.44. The normalized spacial score (nSPS) is 17.2. The lowest BCUT2D eigenvalue weighted by atomic mass is 10.0. The first-order valence-corrected chi connectivity index (χ1v) is 13.2. The Morgan fingerprint density at radius 1 is 1.13 bits per heavy atom. The summed E-state index contributed by atoms with van der Waals surface area (Å²) >= 11 is 0. The maximum atomic E-state index is 10.7. The highest BCUT2D eigenvalue weighted by Crippen LogP contribution is 2.37. The summed E-state index contributed by atoms with van der Waals surface area (Å²) in [5.74, 6) is 0.699. The number of anilines is 1. The Hall–Kier alpha value is -3.79. The molecule has 38 heavy (non-hydrogen) atoms. The highest BCUT2D eigenvalue weighted by molar-refractivity contribution is 5.92. The minimum absolute atomic E-state index is 0.244. The van der Waals surface area contributed by atoms with E-state index in [4.69, 9.17) is 10.8 Å². The molecule has 0 bridgehead atoms. The molecule has 2 aromatic carbocycles. The Morgan fingerprint density at radius 3 is 2.79 bits per heavy atom. The zero-order chi connectivity index (χ0) is 26.2. The van der Waals surface area contributed by atoms with Crippen LogP contribution in [-0.2, 0) is 6.54 Å². The molecule has 1 fully saturated rings. The van der Waals surface area contributed by atoms with Crippen molar-refractivity contribution in [3.8, 4) is 11.1 Å². The molecule has 4 heterocycles. The summed E-state index contributed by atoms with van der Waals surface area (Å²) in [5, 5.41) is 21.3. The van der Waals surface area contributed by atoms with Crippen molar-refractivity contribution in [3.05, 3.63) is 78.4 Å². The number of nitrogen functional groups attached to an aromatic ring is 1. The minimum Gasteiger partial charge on any atom is -0.382 e. The number of rotatable bonds is 8. The number of aliphatic hydroxyl groups is 1. The summed E-state index contributed by atoms with van der Waals surface area (Å²) in [6.45, 7) is 3.22. The van der Waals surface area contributed by atoms with Gasteiger partial charge in [-0.3, -0.25) is 9.58 Å². The molecular formula is C29H34N8O. The maximum Gasteiger partial charge on any atom is 0.151 e. The van der Waals surface area contributed by atoms with Gasteiger partial charge in [-0.2, -0.15) is 10.2 Å². The number of fused-ring (bicyclic) bond motifs is 2. The summed E-state index contributed by atoms with van der Waals surface area (Å²) in [5.41, 5.74) is 12.5. The fourth-order valence-electron chi connectivity index (χ4n) is 5.55. The average Bonchev–Trinajstić information content (AvgIpc) is 3.64. The van der Waals surface area contributed by atoms with Crippen LogP contribution in [0, 0.1) is 0 Å². The summed E-state index contributed by atoms with van der Waals surface area (Å²) in [4.78, 5) is 8.57. The van der Waals surface area contributed by atoms with Crippen molar-refractivity contribution >= 4 is 22.2 Å². The van der Waals surface area contributed by atoms with Gasteiger partial charge in [-0.15, -0.1) is 0 Å². The quantitative estimate of drug-likeness (QED) is 0.330. The topological polar surface area (TPSA) is 101 Å². The largest absolute Gasteiger partial charge is 0.382 e. The van der Waals surface area contributed by atoms with Gasteiger partial charge in [0.25, 0.3) is 0 Å². The van der Waals surface area contributed by atoms with Gasteiger partial charge in [-0.1, -0.05) is 42.5 Å². The molecule has 6 rings (SSSR count). The van der Waals surface area contributed by atoms with E-state index in [0.717, 1.165) is 72.3 Å². The molecule has 0 amide bonds. The molecule has 2 atom stereocenters. The van der Waals surface area contributed by atoms with Crippen LogP contribution in [-0.4, -0.2) is 79.2 Å². The highest BCUT2D eigenvalue weighted by atomic mass is 16.3. The molecule has 1 aliphatic rings. The smallest absolute Gasteiger partial charge is 0.151 e. The Kier molecular flexibility index (Phi) is 6.57. The van der Waals surface area contributed by atoms with Gasteiger partial charge in [-0.05, 0) is 50.2 Å². The first-order valence-electron chi connectivity index (χ1n) is 13.2. The second-order valence-electron chi connectivity index (χ2n) is 10.5. The van der Waals surface area contributed by atoms with E-state index in [1.54, 1.807) is 0 Å². The van der Waals surface area contributed by atoms with E-state index >= 15 is 0 Å². The zero-order valence-electron chi connectivity index (χ0n) is 21.9. The van der Waals surface area contributed by atoms with Crippen LogP contribution in [0.25, 0.3) is 27.5 Å². The van der Waals surface area contributed by atoms with Crippen molar-refractivity contribution < 1.29 is 5.11 Å². The minimum atomic E-state index is -0.443. The number of nitrogens with zero attached hydrogens (tertiary/aromatic N) is 7. The van der Waals surface area contributed by atoms with Crippen molar-refractivity contribution in [1.29, 1.82) is 0 Å². The molecule has 3 N–H and O–H groups in total. The van der Waals surface area contributed by atoms with E-state index in [9.17, 15) is 5.11 Å². The molecule has 0 radical (unpaired) electrons. The predicted molar refractivity (Wildman–Crippen MR) is 150 cm³/mol. The maximum absolute atomic E-state index is 10.7.